The minimum Gasteiger partial charge on any atom is -0.475 e. The highest BCUT2D eigenvalue weighted by molar-refractivity contribution is 5.84. The maximum absolute atomic E-state index is 13.3. The van der Waals surface area contributed by atoms with Gasteiger partial charge in [-0.05, 0) is 42.9 Å². The molecular formula is C25H32F9N3O5. The lowest BCUT2D eigenvalue weighted by atomic mass is 9.74. The molecule has 0 aromatic heterocycles. The summed E-state index contributed by atoms with van der Waals surface area (Å²) in [5.74, 6) is -5.08. The van der Waals surface area contributed by atoms with Crippen LogP contribution in [0.5, 0.6) is 0 Å². The number of piperazine rings is 1. The van der Waals surface area contributed by atoms with Crippen molar-refractivity contribution in [2.24, 2.45) is 17.1 Å². The van der Waals surface area contributed by atoms with Crippen molar-refractivity contribution in [3.8, 4) is 0 Å². The number of rotatable bonds is 4. The topological polar surface area (TPSA) is 124 Å². The molecule has 2 fully saturated rings. The van der Waals surface area contributed by atoms with Gasteiger partial charge in [0.15, 0.2) is 0 Å². The number of carbonyl (C=O) groups is 3. The highest BCUT2D eigenvalue weighted by Crippen LogP contribution is 2.45. The molecule has 17 heteroatoms. The molecule has 3 rings (SSSR count). The zero-order valence-electron chi connectivity index (χ0n) is 22.6. The molecule has 42 heavy (non-hydrogen) atoms. The Morgan fingerprint density at radius 2 is 1.40 bits per heavy atom. The molecule has 1 aliphatic heterocycles. The van der Waals surface area contributed by atoms with Gasteiger partial charge in [-0.1, -0.05) is 26.0 Å². The van der Waals surface area contributed by atoms with Crippen LogP contribution < -0.4 is 10.6 Å². The lowest BCUT2D eigenvalue weighted by molar-refractivity contribution is -0.193. The van der Waals surface area contributed by atoms with E-state index in [1.165, 1.54) is 6.07 Å². The van der Waals surface area contributed by atoms with Crippen LogP contribution >= 0.6 is 0 Å². The number of halogens is 9. The minimum atomic E-state index is -5.08. The van der Waals surface area contributed by atoms with Crippen molar-refractivity contribution < 1.29 is 64.1 Å². The smallest absolute Gasteiger partial charge is 0.475 e. The van der Waals surface area contributed by atoms with Crippen LogP contribution in [-0.4, -0.2) is 83.7 Å². The molecule has 0 spiro atoms. The van der Waals surface area contributed by atoms with E-state index in [0.717, 1.165) is 24.9 Å². The van der Waals surface area contributed by atoms with Crippen LogP contribution in [0.15, 0.2) is 24.3 Å². The molecule has 1 amide bonds. The number of carboxylic acid groups (broad SMARTS) is 2. The Morgan fingerprint density at radius 3 is 1.76 bits per heavy atom. The van der Waals surface area contributed by atoms with E-state index in [-0.39, 0.29) is 28.8 Å². The number of carboxylic acids is 2. The van der Waals surface area contributed by atoms with Gasteiger partial charge < -0.3 is 25.7 Å². The second kappa shape index (κ2) is 14.3. The van der Waals surface area contributed by atoms with Gasteiger partial charge in [-0.25, -0.2) is 9.59 Å². The molecule has 0 bridgehead atoms. The summed E-state index contributed by atoms with van der Waals surface area (Å²) < 4.78 is 101. The predicted molar refractivity (Wildman–Crippen MR) is 131 cm³/mol. The molecule has 8 nitrogen and oxygen atoms in total. The second-order valence-electron chi connectivity index (χ2n) is 10.2. The number of alkyl halides is 9. The normalized spacial score (nSPS) is 21.2. The standard InChI is InChI=1S/C21H30F3N3O.2C2HF3O2/c1-15(2)20(7-6-17(25)14-20)19(28)27-10-8-26(9-11-27)18-5-3-4-16(12-18)13-21(22,23)24;2*3-2(4,5)1(6)7/h3-5,12,15,17H,6-11,13-14,25H2,1-2H3;2*(H,6,7)/t17-,20+;;/m1../s1. The van der Waals surface area contributed by atoms with Gasteiger partial charge in [0.2, 0.25) is 5.91 Å². The summed E-state index contributed by atoms with van der Waals surface area (Å²) >= 11 is 0. The third kappa shape index (κ3) is 11.2. The average molecular weight is 626 g/mol. The maximum atomic E-state index is 13.3. The number of carbonyl (C=O) groups excluding carboxylic acids is 1. The number of anilines is 1. The molecule has 1 aromatic carbocycles. The third-order valence-corrected chi connectivity index (χ3v) is 6.85. The number of nitrogens with zero attached hydrogens (tertiary/aromatic N) is 2. The van der Waals surface area contributed by atoms with Gasteiger partial charge in [-0.2, -0.15) is 39.5 Å². The Morgan fingerprint density at radius 1 is 0.929 bits per heavy atom. The van der Waals surface area contributed by atoms with E-state index in [4.69, 9.17) is 25.5 Å². The van der Waals surface area contributed by atoms with Crippen LogP contribution in [0.25, 0.3) is 0 Å². The average Bonchev–Trinajstić information content (AvgIpc) is 3.25. The fourth-order valence-corrected chi connectivity index (χ4v) is 4.66. The van der Waals surface area contributed by atoms with Crippen molar-refractivity contribution in [1.82, 2.24) is 4.90 Å². The number of benzene rings is 1. The summed E-state index contributed by atoms with van der Waals surface area (Å²) in [6.07, 6.45) is -12.8. The molecule has 0 radical (unpaired) electrons. The van der Waals surface area contributed by atoms with E-state index >= 15 is 0 Å². The van der Waals surface area contributed by atoms with Crippen molar-refractivity contribution in [3.05, 3.63) is 29.8 Å². The van der Waals surface area contributed by atoms with Gasteiger partial charge in [-0.3, -0.25) is 4.79 Å². The van der Waals surface area contributed by atoms with Crippen LogP contribution in [-0.2, 0) is 20.8 Å². The first kappa shape index (κ1) is 36.8. The van der Waals surface area contributed by atoms with Gasteiger partial charge >= 0.3 is 30.5 Å². The van der Waals surface area contributed by atoms with Crippen LogP contribution in [0, 0.1) is 11.3 Å². The molecule has 1 aromatic rings. The van der Waals surface area contributed by atoms with Crippen molar-refractivity contribution in [1.29, 1.82) is 0 Å². The van der Waals surface area contributed by atoms with E-state index in [9.17, 15) is 44.3 Å². The molecule has 0 unspecified atom stereocenters. The molecule has 1 saturated heterocycles. The maximum Gasteiger partial charge on any atom is 0.490 e. The van der Waals surface area contributed by atoms with Gasteiger partial charge in [0.05, 0.1) is 11.8 Å². The van der Waals surface area contributed by atoms with Crippen LogP contribution in [0.2, 0.25) is 0 Å². The Hall–Kier alpha value is -3.24. The van der Waals surface area contributed by atoms with E-state index < -0.39 is 36.9 Å². The van der Waals surface area contributed by atoms with Crippen LogP contribution in [0.4, 0.5) is 45.2 Å². The molecule has 2 atom stereocenters. The van der Waals surface area contributed by atoms with E-state index in [0.29, 0.717) is 26.2 Å². The summed E-state index contributed by atoms with van der Waals surface area (Å²) in [4.78, 5) is 35.1. The third-order valence-electron chi connectivity index (χ3n) is 6.85. The fraction of sp³-hybridized carbons (Fsp3) is 0.640. The Kier molecular flexibility index (Phi) is 12.5. The molecule has 240 valence electrons. The molecule has 4 N–H and O–H groups in total. The van der Waals surface area contributed by atoms with Crippen molar-refractivity contribution in [2.45, 2.75) is 64.1 Å². The van der Waals surface area contributed by atoms with Crippen molar-refractivity contribution in [3.63, 3.8) is 0 Å². The fourth-order valence-electron chi connectivity index (χ4n) is 4.66. The van der Waals surface area contributed by atoms with Crippen LogP contribution in [0.1, 0.15) is 38.7 Å². The number of aliphatic carboxylic acids is 2. The summed E-state index contributed by atoms with van der Waals surface area (Å²) in [6.45, 7) is 6.62. The quantitative estimate of drug-likeness (QED) is 0.409. The Labute approximate surface area is 235 Å². The number of hydrogen-bond donors (Lipinski definition) is 3. The Bertz CT molecular complexity index is 1040. The SMILES string of the molecule is CC(C)[C@]1(C(=O)N2CCN(c3cccc(CC(F)(F)F)c3)CC2)CC[C@@H](N)C1.O=C(O)C(F)(F)F.O=C(O)C(F)(F)F. The first-order valence-corrected chi connectivity index (χ1v) is 12.6. The predicted octanol–water partition coefficient (Wildman–Crippen LogP) is 4.86. The molecule has 2 aliphatic rings. The summed E-state index contributed by atoms with van der Waals surface area (Å²) in [6, 6.07) is 6.71. The molecular weight excluding hydrogens is 593 g/mol. The van der Waals surface area contributed by atoms with E-state index in [1.54, 1.807) is 12.1 Å². The highest BCUT2D eigenvalue weighted by Gasteiger charge is 2.48. The van der Waals surface area contributed by atoms with Crippen molar-refractivity contribution in [2.75, 3.05) is 31.1 Å². The first-order valence-electron chi connectivity index (χ1n) is 12.6. The summed E-state index contributed by atoms with van der Waals surface area (Å²) in [7, 11) is 0. The largest absolute Gasteiger partial charge is 0.490 e. The van der Waals surface area contributed by atoms with Gasteiger partial charge in [0.25, 0.3) is 0 Å². The lowest BCUT2D eigenvalue weighted by Crippen LogP contribution is -2.54. The summed E-state index contributed by atoms with van der Waals surface area (Å²) in [5.41, 5.74) is 6.80. The zero-order valence-corrected chi connectivity index (χ0v) is 22.6. The molecule has 1 saturated carbocycles. The van der Waals surface area contributed by atoms with Gasteiger partial charge in [-0.15, -0.1) is 0 Å². The van der Waals surface area contributed by atoms with E-state index in [1.807, 2.05) is 11.0 Å². The molecule has 1 aliphatic carbocycles. The summed E-state index contributed by atoms with van der Waals surface area (Å²) in [5, 5.41) is 14.2. The lowest BCUT2D eigenvalue weighted by Gasteiger charge is -2.42. The number of amides is 1. The zero-order chi connectivity index (χ0) is 32.7. The monoisotopic (exact) mass is 625 g/mol. The van der Waals surface area contributed by atoms with E-state index in [2.05, 4.69) is 18.7 Å². The number of nitrogens with two attached hydrogens (primary N) is 1. The van der Waals surface area contributed by atoms with Gasteiger partial charge in [0.1, 0.15) is 0 Å². The van der Waals surface area contributed by atoms with Gasteiger partial charge in [0, 0.05) is 37.9 Å². The molecule has 1 heterocycles. The number of hydrogen-bond acceptors (Lipinski definition) is 5. The Balaban J connectivity index is 0.000000522. The minimum absolute atomic E-state index is 0.0870. The van der Waals surface area contributed by atoms with Crippen molar-refractivity contribution >= 4 is 23.5 Å². The second-order valence-corrected chi connectivity index (χ2v) is 10.2. The highest BCUT2D eigenvalue weighted by atomic mass is 19.4. The van der Waals surface area contributed by atoms with Crippen LogP contribution in [0.3, 0.4) is 0 Å². The first-order chi connectivity index (χ1) is 19.0.